The van der Waals surface area contributed by atoms with E-state index < -0.39 is 51.7 Å². The Labute approximate surface area is 270 Å². The summed E-state index contributed by atoms with van der Waals surface area (Å²) in [6.45, 7) is 37.4. The van der Waals surface area contributed by atoms with Crippen LogP contribution in [-0.4, -0.2) is 84.7 Å². The minimum atomic E-state index is -3.66. The molecule has 0 fully saturated rings. The molecule has 0 aliphatic rings. The van der Waals surface area contributed by atoms with Gasteiger partial charge in [-0.15, -0.1) is 0 Å². The molecule has 0 aromatic heterocycles. The molecule has 0 amide bonds. The second-order valence-electron chi connectivity index (χ2n) is 15.0. The third-order valence-corrected chi connectivity index (χ3v) is 7.83. The summed E-state index contributed by atoms with van der Waals surface area (Å²) >= 11 is 0. The van der Waals surface area contributed by atoms with Gasteiger partial charge in [0.15, 0.2) is 0 Å². The minimum Gasteiger partial charge on any atom is -0.397 e. The summed E-state index contributed by atoms with van der Waals surface area (Å²) in [5.41, 5.74) is -3.10. The summed E-state index contributed by atoms with van der Waals surface area (Å²) in [6, 6.07) is 0. The second kappa shape index (κ2) is 20.0. The molecule has 0 aromatic rings. The summed E-state index contributed by atoms with van der Waals surface area (Å²) in [5.74, 6) is 0. The van der Waals surface area contributed by atoms with Gasteiger partial charge in [-0.05, 0) is 138 Å². The summed E-state index contributed by atoms with van der Waals surface area (Å²) in [6.07, 6.45) is 0. The minimum absolute atomic E-state index is 0. The Morgan fingerprint density at radius 2 is 0.439 bits per heavy atom. The number of hydrogen-bond acceptors (Lipinski definition) is 10. The maximum atomic E-state index is 10.5. The van der Waals surface area contributed by atoms with Gasteiger partial charge in [0, 0.05) is 34.9 Å². The van der Waals surface area contributed by atoms with Gasteiger partial charge in [-0.25, -0.2) is 0 Å². The van der Waals surface area contributed by atoms with Crippen LogP contribution in [0, 0.1) is 0 Å². The van der Waals surface area contributed by atoms with Crippen LogP contribution in [0.2, 0.25) is 0 Å². The molecule has 252 valence electrons. The van der Waals surface area contributed by atoms with Crippen LogP contribution in [0.4, 0.5) is 0 Å². The first-order valence-electron chi connectivity index (χ1n) is 13.9. The van der Waals surface area contributed by atoms with Crippen LogP contribution in [0.3, 0.4) is 0 Å². The van der Waals surface area contributed by atoms with Gasteiger partial charge in [-0.1, -0.05) is 0 Å². The van der Waals surface area contributed by atoms with Gasteiger partial charge in [0.2, 0.25) is 0 Å². The first-order chi connectivity index (χ1) is 17.1. The molecule has 0 rings (SSSR count). The number of hydrogen-bond donors (Lipinski definition) is 4. The van der Waals surface area contributed by atoms with E-state index in [0.29, 0.717) is 0 Å². The van der Waals surface area contributed by atoms with Crippen molar-refractivity contribution in [2.24, 2.45) is 0 Å². The largest absolute Gasteiger partial charge is 0.678 e. The van der Waals surface area contributed by atoms with E-state index in [0.717, 1.165) is 0 Å². The monoisotopic (exact) mass is 668 g/mol. The third kappa shape index (κ3) is 45.3. The van der Waals surface area contributed by atoms with Gasteiger partial charge in [-0.3, -0.25) is 0 Å². The molecule has 0 bridgehead atoms. The number of rotatable bonds is 6. The summed E-state index contributed by atoms with van der Waals surface area (Å²) in [7, 11) is -7.31. The van der Waals surface area contributed by atoms with Crippen molar-refractivity contribution in [1.29, 1.82) is 0 Å². The van der Waals surface area contributed by atoms with Crippen LogP contribution in [0.1, 0.15) is 138 Å². The average molecular weight is 669 g/mol. The van der Waals surface area contributed by atoms with E-state index in [1.54, 1.807) is 13.8 Å². The van der Waals surface area contributed by atoms with Crippen molar-refractivity contribution in [3.63, 3.8) is 0 Å². The quantitative estimate of drug-likeness (QED) is 0.261. The Balaban J connectivity index is -0.000000173. The summed E-state index contributed by atoms with van der Waals surface area (Å²) < 4.78 is 33.8. The first kappa shape index (κ1) is 51.3. The van der Waals surface area contributed by atoms with Gasteiger partial charge in [0.1, 0.15) is 0 Å². The van der Waals surface area contributed by atoms with Crippen molar-refractivity contribution in [3.05, 3.63) is 0 Å². The van der Waals surface area contributed by atoms with Crippen molar-refractivity contribution in [1.82, 2.24) is 0 Å². The van der Waals surface area contributed by atoms with E-state index in [1.165, 1.54) is 0 Å². The van der Waals surface area contributed by atoms with Gasteiger partial charge in [-0.2, -0.15) is 0 Å². The molecule has 0 aromatic carbocycles. The summed E-state index contributed by atoms with van der Waals surface area (Å²) in [5, 5.41) is 15.1. The van der Waals surface area contributed by atoms with Gasteiger partial charge in [0.05, 0.1) is 33.6 Å². The molecule has 4 N–H and O–H groups in total. The Bertz CT molecular complexity index is 502. The second-order valence-corrected chi connectivity index (χ2v) is 18.3. The van der Waals surface area contributed by atoms with E-state index >= 15 is 0 Å². The summed E-state index contributed by atoms with van der Waals surface area (Å²) in [4.78, 5) is 21.0. The average Bonchev–Trinajstić information content (AvgIpc) is 2.43. The molecule has 0 spiro atoms. The molecule has 41 heavy (non-hydrogen) atoms. The molecule has 0 unspecified atom stereocenters. The van der Waals surface area contributed by atoms with Gasteiger partial charge in [0.25, 0.3) is 0 Å². The number of aliphatic hydroxyl groups is 2. The fraction of sp³-hybridized carbons (Fsp3) is 1.00. The Kier molecular flexibility index (Phi) is 25.0. The Morgan fingerprint density at radius 3 is 0.488 bits per heavy atom. The van der Waals surface area contributed by atoms with Crippen LogP contribution in [0.5, 0.6) is 0 Å². The van der Waals surface area contributed by atoms with Crippen LogP contribution in [0.25, 0.3) is 0 Å². The predicted octanol–water partition coefficient (Wildman–Crippen LogP) is 5.71. The topological polar surface area (TPSA) is 136 Å². The smallest absolute Gasteiger partial charge is 0.397 e. The zero-order chi connectivity index (χ0) is 33.7. The standard InChI is InChI=1S/2C12H28O4Si.2C2H6O.Ti/c2*1-10(2,3)14-17(13,15-11(4,5)6)16-12(7,8)9;2*1-2-3;/h2*13H,1-9H3;2*3H,2H2,1H3;. The molecule has 0 radical (unpaired) electrons. The molecule has 10 nitrogen and oxygen atoms in total. The van der Waals surface area contributed by atoms with E-state index in [2.05, 4.69) is 0 Å². The Hall–Kier alpha value is 0.748. The maximum Gasteiger partial charge on any atom is 0.678 e. The van der Waals surface area contributed by atoms with Gasteiger partial charge < -0.3 is 46.4 Å². The molecule has 0 aliphatic carbocycles. The first-order valence-corrected chi connectivity index (χ1v) is 17.3. The van der Waals surface area contributed by atoms with Crippen molar-refractivity contribution >= 4 is 18.1 Å². The molecule has 0 saturated heterocycles. The van der Waals surface area contributed by atoms with Crippen LogP contribution in [0.15, 0.2) is 0 Å². The van der Waals surface area contributed by atoms with Crippen molar-refractivity contribution < 1.29 is 68.1 Å². The zero-order valence-electron chi connectivity index (χ0n) is 30.2. The molecule has 0 heterocycles. The predicted molar refractivity (Wildman–Crippen MR) is 166 cm³/mol. The normalized spacial score (nSPS) is 13.5. The fourth-order valence-electron chi connectivity index (χ4n) is 2.45. The zero-order valence-corrected chi connectivity index (χ0v) is 33.7. The van der Waals surface area contributed by atoms with E-state index in [1.807, 2.05) is 125 Å². The van der Waals surface area contributed by atoms with Crippen molar-refractivity contribution in [3.8, 4) is 0 Å². The molecular weight excluding hydrogens is 600 g/mol. The maximum absolute atomic E-state index is 10.5. The van der Waals surface area contributed by atoms with E-state index in [9.17, 15) is 9.59 Å². The third-order valence-electron chi connectivity index (χ3n) is 2.61. The van der Waals surface area contributed by atoms with Crippen LogP contribution >= 0.6 is 0 Å². The molecule has 0 saturated carbocycles. The van der Waals surface area contributed by atoms with Gasteiger partial charge >= 0.3 is 18.1 Å². The van der Waals surface area contributed by atoms with Crippen LogP contribution < -0.4 is 0 Å². The van der Waals surface area contributed by atoms with E-state index in [4.69, 9.17) is 36.8 Å². The molecule has 0 atom stereocenters. The van der Waals surface area contributed by atoms with Crippen LogP contribution in [-0.2, 0) is 48.3 Å². The number of aliphatic hydroxyl groups excluding tert-OH is 2. The SMILES string of the molecule is CC(C)(C)O[Si](O)(OC(C)(C)C)OC(C)(C)C.CC(C)(C)O[Si](O)(OC(C)(C)C)OC(C)(C)C.CCO.CCO.[Ti]. The Morgan fingerprint density at radius 1 is 0.366 bits per heavy atom. The molecule has 0 aliphatic heterocycles. The molecule has 13 heteroatoms. The van der Waals surface area contributed by atoms with Crippen molar-refractivity contribution in [2.45, 2.75) is 172 Å². The van der Waals surface area contributed by atoms with Crippen molar-refractivity contribution in [2.75, 3.05) is 13.2 Å². The van der Waals surface area contributed by atoms with E-state index in [-0.39, 0.29) is 34.9 Å². The fourth-order valence-corrected chi connectivity index (χ4v) is 7.34. The molecular formula is C28H68O10Si2Ti.